The van der Waals surface area contributed by atoms with E-state index in [4.69, 9.17) is 16.6 Å². The average molecular weight is 396 g/mol. The number of aromatic nitrogens is 1. The van der Waals surface area contributed by atoms with Gasteiger partial charge < -0.3 is 0 Å². The van der Waals surface area contributed by atoms with Crippen molar-refractivity contribution in [1.29, 1.82) is 0 Å². The van der Waals surface area contributed by atoms with Crippen LogP contribution in [0.15, 0.2) is 47.6 Å². The van der Waals surface area contributed by atoms with E-state index >= 15 is 0 Å². The van der Waals surface area contributed by atoms with Gasteiger partial charge in [0.15, 0.2) is 0 Å². The molecule has 4 rings (SSSR count). The standard InChI is InChI=1S/C22H22ClN3O2/c1-14-6-2-5-9-19(14)24-13-18-16-7-3-4-8-17(16)21(27)26(22(18)28)20-11-10-15(23)12-25-20/h3-4,7-8,10-14,18-19H,2,5-6,9H2,1H3/t14-,18?,19-/m1/s1. The molecular formula is C22H22ClN3O2. The van der Waals surface area contributed by atoms with Crippen LogP contribution in [-0.4, -0.2) is 29.1 Å². The average Bonchev–Trinajstić information content (AvgIpc) is 2.71. The minimum absolute atomic E-state index is 0.230. The molecular weight excluding hydrogens is 374 g/mol. The Morgan fingerprint density at radius 2 is 1.93 bits per heavy atom. The summed E-state index contributed by atoms with van der Waals surface area (Å²) in [5.74, 6) is -0.509. The maximum atomic E-state index is 13.3. The largest absolute Gasteiger partial charge is 0.293 e. The van der Waals surface area contributed by atoms with Crippen molar-refractivity contribution in [2.45, 2.75) is 44.6 Å². The molecule has 1 aliphatic carbocycles. The minimum atomic E-state index is -0.597. The van der Waals surface area contributed by atoms with E-state index in [0.29, 0.717) is 22.1 Å². The molecule has 2 aromatic rings. The van der Waals surface area contributed by atoms with Gasteiger partial charge in [-0.3, -0.25) is 14.6 Å². The Morgan fingerprint density at radius 1 is 1.14 bits per heavy atom. The number of hydrogen-bond acceptors (Lipinski definition) is 4. The molecule has 6 heteroatoms. The molecule has 0 N–H and O–H groups in total. The molecule has 1 saturated carbocycles. The van der Waals surface area contributed by atoms with Crippen molar-refractivity contribution < 1.29 is 9.59 Å². The molecule has 1 aromatic heterocycles. The number of amides is 2. The normalized spacial score (nSPS) is 25.2. The Morgan fingerprint density at radius 3 is 2.68 bits per heavy atom. The fourth-order valence-electron chi connectivity index (χ4n) is 4.03. The molecule has 1 aliphatic heterocycles. The monoisotopic (exact) mass is 395 g/mol. The number of nitrogens with zero attached hydrogens (tertiary/aromatic N) is 3. The Bertz CT molecular complexity index is 926. The Hall–Kier alpha value is -2.53. The van der Waals surface area contributed by atoms with E-state index in [1.165, 1.54) is 19.0 Å². The molecule has 0 saturated heterocycles. The fourth-order valence-corrected chi connectivity index (χ4v) is 4.14. The van der Waals surface area contributed by atoms with Crippen LogP contribution in [0.5, 0.6) is 0 Å². The highest BCUT2D eigenvalue weighted by molar-refractivity contribution is 6.31. The van der Waals surface area contributed by atoms with Gasteiger partial charge in [0.2, 0.25) is 5.91 Å². The van der Waals surface area contributed by atoms with Crippen molar-refractivity contribution in [3.8, 4) is 0 Å². The van der Waals surface area contributed by atoms with Crippen molar-refractivity contribution in [2.24, 2.45) is 10.9 Å². The number of hydrogen-bond donors (Lipinski definition) is 0. The van der Waals surface area contributed by atoms with Gasteiger partial charge in [-0.2, -0.15) is 0 Å². The van der Waals surface area contributed by atoms with Gasteiger partial charge in [-0.05, 0) is 42.5 Å². The predicted molar refractivity (Wildman–Crippen MR) is 110 cm³/mol. The number of anilines is 1. The van der Waals surface area contributed by atoms with E-state index in [-0.39, 0.29) is 23.7 Å². The number of carbonyl (C=O) groups is 2. The summed E-state index contributed by atoms with van der Waals surface area (Å²) in [6.07, 6.45) is 7.79. The van der Waals surface area contributed by atoms with Crippen LogP contribution < -0.4 is 4.90 Å². The van der Waals surface area contributed by atoms with Gasteiger partial charge in [0.05, 0.1) is 17.0 Å². The highest BCUT2D eigenvalue weighted by atomic mass is 35.5. The van der Waals surface area contributed by atoms with Crippen molar-refractivity contribution in [2.75, 3.05) is 4.90 Å². The third-order valence-corrected chi connectivity index (χ3v) is 5.87. The minimum Gasteiger partial charge on any atom is -0.293 e. The second kappa shape index (κ2) is 7.84. The van der Waals surface area contributed by atoms with Crippen molar-refractivity contribution in [3.05, 3.63) is 58.7 Å². The first-order valence-corrected chi connectivity index (χ1v) is 10.1. The van der Waals surface area contributed by atoms with Crippen LogP contribution in [-0.2, 0) is 4.79 Å². The number of aliphatic imine (C=N–C) groups is 1. The first-order chi connectivity index (χ1) is 13.6. The van der Waals surface area contributed by atoms with Crippen LogP contribution in [0.2, 0.25) is 5.02 Å². The SMILES string of the molecule is C[C@@H]1CCCC[C@H]1N=CC1C(=O)N(c2ccc(Cl)cn2)C(=O)c2ccccc21. The third-order valence-electron chi connectivity index (χ3n) is 5.65. The van der Waals surface area contributed by atoms with Crippen LogP contribution in [0.25, 0.3) is 0 Å². The summed E-state index contributed by atoms with van der Waals surface area (Å²) in [7, 11) is 0. The molecule has 2 aliphatic rings. The van der Waals surface area contributed by atoms with Crippen LogP contribution in [0.3, 0.4) is 0 Å². The highest BCUT2D eigenvalue weighted by Crippen LogP contribution is 2.32. The van der Waals surface area contributed by atoms with Gasteiger partial charge in [0.25, 0.3) is 5.91 Å². The van der Waals surface area contributed by atoms with E-state index < -0.39 is 5.92 Å². The zero-order valence-electron chi connectivity index (χ0n) is 15.7. The third kappa shape index (κ3) is 3.47. The highest BCUT2D eigenvalue weighted by Gasteiger charge is 2.39. The zero-order valence-corrected chi connectivity index (χ0v) is 16.5. The van der Waals surface area contributed by atoms with Crippen LogP contribution >= 0.6 is 11.6 Å². The molecule has 2 amide bonds. The number of rotatable bonds is 3. The number of pyridine rings is 1. The molecule has 1 unspecified atom stereocenters. The molecule has 1 aromatic carbocycles. The van der Waals surface area contributed by atoms with Crippen LogP contribution in [0.1, 0.15) is 54.4 Å². The van der Waals surface area contributed by atoms with Gasteiger partial charge in [-0.15, -0.1) is 0 Å². The summed E-state index contributed by atoms with van der Waals surface area (Å²) < 4.78 is 0. The summed E-state index contributed by atoms with van der Waals surface area (Å²) in [5.41, 5.74) is 1.21. The summed E-state index contributed by atoms with van der Waals surface area (Å²) in [5, 5.41) is 0.449. The summed E-state index contributed by atoms with van der Waals surface area (Å²) in [4.78, 5) is 36.4. The number of benzene rings is 1. The fraction of sp³-hybridized carbons (Fsp3) is 0.364. The zero-order chi connectivity index (χ0) is 19.7. The first kappa shape index (κ1) is 18.8. The topological polar surface area (TPSA) is 62.6 Å². The summed E-state index contributed by atoms with van der Waals surface area (Å²) >= 11 is 5.91. The van der Waals surface area contributed by atoms with E-state index in [2.05, 4.69) is 11.9 Å². The number of fused-ring (bicyclic) bond motifs is 1. The first-order valence-electron chi connectivity index (χ1n) is 9.68. The molecule has 28 heavy (non-hydrogen) atoms. The predicted octanol–water partition coefficient (Wildman–Crippen LogP) is 4.66. The lowest BCUT2D eigenvalue weighted by Gasteiger charge is -2.31. The van der Waals surface area contributed by atoms with Gasteiger partial charge in [-0.25, -0.2) is 9.88 Å². The molecule has 1 fully saturated rings. The quantitative estimate of drug-likeness (QED) is 0.561. The molecule has 0 bridgehead atoms. The second-order valence-corrected chi connectivity index (χ2v) is 7.94. The lowest BCUT2D eigenvalue weighted by Crippen LogP contribution is -2.46. The molecule has 144 valence electrons. The Kier molecular flexibility index (Phi) is 5.27. The van der Waals surface area contributed by atoms with Crippen LogP contribution in [0, 0.1) is 5.92 Å². The van der Waals surface area contributed by atoms with E-state index in [0.717, 1.165) is 17.7 Å². The van der Waals surface area contributed by atoms with Crippen molar-refractivity contribution in [3.63, 3.8) is 0 Å². The number of halogens is 1. The molecule has 0 spiro atoms. The van der Waals surface area contributed by atoms with Gasteiger partial charge >= 0.3 is 0 Å². The summed E-state index contributed by atoms with van der Waals surface area (Å²) in [6.45, 7) is 2.21. The Balaban J connectivity index is 1.72. The smallest absolute Gasteiger partial charge is 0.266 e. The maximum absolute atomic E-state index is 13.3. The summed E-state index contributed by atoms with van der Waals surface area (Å²) in [6, 6.07) is 10.7. The van der Waals surface area contributed by atoms with Crippen LogP contribution in [0.4, 0.5) is 5.82 Å². The molecule has 2 heterocycles. The van der Waals surface area contributed by atoms with E-state index in [9.17, 15) is 9.59 Å². The van der Waals surface area contributed by atoms with Crippen molar-refractivity contribution in [1.82, 2.24) is 4.98 Å². The van der Waals surface area contributed by atoms with Gasteiger partial charge in [-0.1, -0.05) is 49.6 Å². The number of carbonyl (C=O) groups excluding carboxylic acids is 2. The van der Waals surface area contributed by atoms with Gasteiger partial charge in [0, 0.05) is 18.0 Å². The van der Waals surface area contributed by atoms with Gasteiger partial charge in [0.1, 0.15) is 5.82 Å². The molecule has 5 nitrogen and oxygen atoms in total. The van der Waals surface area contributed by atoms with E-state index in [1.54, 1.807) is 30.5 Å². The Labute approximate surface area is 169 Å². The number of imide groups is 1. The molecule has 0 radical (unpaired) electrons. The lowest BCUT2D eigenvalue weighted by atomic mass is 9.85. The lowest BCUT2D eigenvalue weighted by molar-refractivity contribution is -0.118. The van der Waals surface area contributed by atoms with Crippen molar-refractivity contribution >= 4 is 35.4 Å². The molecule has 3 atom stereocenters. The van der Waals surface area contributed by atoms with E-state index in [1.807, 2.05) is 12.1 Å². The maximum Gasteiger partial charge on any atom is 0.266 e. The second-order valence-electron chi connectivity index (χ2n) is 7.51.